The Morgan fingerprint density at radius 1 is 1.00 bits per heavy atom. The number of H-pyrrole nitrogens is 1. The van der Waals surface area contributed by atoms with Crippen LogP contribution >= 0.6 is 0 Å². The molecule has 0 bridgehead atoms. The maximum atomic E-state index is 13.3. The minimum absolute atomic E-state index is 0.0519. The van der Waals surface area contributed by atoms with Gasteiger partial charge in [-0.1, -0.05) is 13.0 Å². The molecule has 2 fully saturated rings. The van der Waals surface area contributed by atoms with Gasteiger partial charge in [0.15, 0.2) is 0 Å². The molecule has 2 aliphatic carbocycles. The number of hydrogen-bond donors (Lipinski definition) is 2. The molecule has 0 amide bonds. The van der Waals surface area contributed by atoms with Crippen molar-refractivity contribution in [2.24, 2.45) is 0 Å². The number of likely N-dealkylation sites (tertiary alicyclic amines) is 1. The maximum absolute atomic E-state index is 13.3. The Labute approximate surface area is 196 Å². The average molecular weight is 471 g/mol. The fraction of sp³-hybridized carbons (Fsp3) is 0.667. The standard InChI is InChI=1S/C24H34N6O2S/c1-2-29-13-5-10-24(29)11-14-30(15-12-24)33(31,32)23-26-22(27-28-23)25-21-19-8-3-6-17(19)16-18-7-4-9-20(18)21/h16H,2-15H2,1H3,(H2,25,26,27,28). The van der Waals surface area contributed by atoms with E-state index in [1.165, 1.54) is 47.9 Å². The van der Waals surface area contributed by atoms with Crippen LogP contribution in [0.4, 0.5) is 11.6 Å². The molecule has 0 atom stereocenters. The summed E-state index contributed by atoms with van der Waals surface area (Å²) in [4.78, 5) is 6.95. The summed E-state index contributed by atoms with van der Waals surface area (Å²) in [5.41, 5.74) is 6.89. The summed E-state index contributed by atoms with van der Waals surface area (Å²) in [6.07, 6.45) is 10.9. The van der Waals surface area contributed by atoms with Crippen LogP contribution in [0.25, 0.3) is 0 Å². The molecule has 178 valence electrons. The molecule has 0 unspecified atom stereocenters. The molecule has 6 rings (SSSR count). The highest BCUT2D eigenvalue weighted by Crippen LogP contribution is 2.41. The number of aromatic amines is 1. The Balaban J connectivity index is 1.21. The molecule has 1 aromatic carbocycles. The molecular weight excluding hydrogens is 436 g/mol. The molecule has 1 aromatic heterocycles. The summed E-state index contributed by atoms with van der Waals surface area (Å²) >= 11 is 0. The molecule has 3 heterocycles. The highest BCUT2D eigenvalue weighted by molar-refractivity contribution is 7.88. The molecule has 0 radical (unpaired) electrons. The zero-order valence-electron chi connectivity index (χ0n) is 19.5. The molecular formula is C24H34N6O2S. The highest BCUT2D eigenvalue weighted by Gasteiger charge is 2.45. The van der Waals surface area contributed by atoms with Gasteiger partial charge in [0, 0.05) is 24.3 Å². The smallest absolute Gasteiger partial charge is 0.278 e. The Hall–Kier alpha value is -1.97. The van der Waals surface area contributed by atoms with Crippen molar-refractivity contribution in [3.05, 3.63) is 28.3 Å². The first-order chi connectivity index (χ1) is 16.0. The monoisotopic (exact) mass is 470 g/mol. The maximum Gasteiger partial charge on any atom is 0.278 e. The lowest BCUT2D eigenvalue weighted by atomic mass is 9.86. The minimum Gasteiger partial charge on any atom is -0.322 e. The number of rotatable bonds is 5. The third kappa shape index (κ3) is 3.51. The van der Waals surface area contributed by atoms with Gasteiger partial charge >= 0.3 is 0 Å². The summed E-state index contributed by atoms with van der Waals surface area (Å²) in [6.45, 7) is 5.46. The Morgan fingerprint density at radius 3 is 2.36 bits per heavy atom. The Morgan fingerprint density at radius 2 is 1.70 bits per heavy atom. The average Bonchev–Trinajstić information content (AvgIpc) is 3.60. The third-order valence-electron chi connectivity index (χ3n) is 8.53. The number of nitrogens with one attached hydrogen (secondary N) is 2. The number of sulfonamides is 1. The minimum atomic E-state index is -3.68. The molecule has 9 heteroatoms. The fourth-order valence-electron chi connectivity index (χ4n) is 6.82. The van der Waals surface area contributed by atoms with Gasteiger partial charge in [0.05, 0.1) is 0 Å². The van der Waals surface area contributed by atoms with Gasteiger partial charge in [-0.05, 0) is 99.6 Å². The molecule has 2 aromatic rings. The van der Waals surface area contributed by atoms with Gasteiger partial charge in [0.1, 0.15) is 0 Å². The van der Waals surface area contributed by atoms with Gasteiger partial charge < -0.3 is 5.32 Å². The lowest BCUT2D eigenvalue weighted by Crippen LogP contribution is -2.53. The predicted octanol–water partition coefficient (Wildman–Crippen LogP) is 3.16. The van der Waals surface area contributed by atoms with Gasteiger partial charge in [-0.25, -0.2) is 13.5 Å². The van der Waals surface area contributed by atoms with E-state index in [2.05, 4.69) is 38.4 Å². The molecule has 33 heavy (non-hydrogen) atoms. The summed E-state index contributed by atoms with van der Waals surface area (Å²) < 4.78 is 28.3. The van der Waals surface area contributed by atoms with Crippen LogP contribution in [0.3, 0.4) is 0 Å². The first-order valence-electron chi connectivity index (χ1n) is 12.6. The van der Waals surface area contributed by atoms with Crippen LogP contribution < -0.4 is 5.32 Å². The number of aryl methyl sites for hydroxylation is 2. The van der Waals surface area contributed by atoms with Crippen molar-refractivity contribution in [2.75, 3.05) is 31.5 Å². The van der Waals surface area contributed by atoms with Crippen molar-refractivity contribution >= 4 is 21.7 Å². The summed E-state index contributed by atoms with van der Waals surface area (Å²) in [5, 5.41) is 10.3. The number of aromatic nitrogens is 3. The molecule has 1 spiro atoms. The summed E-state index contributed by atoms with van der Waals surface area (Å²) in [5.74, 6) is 0.351. The second-order valence-corrected chi connectivity index (χ2v) is 12.0. The van der Waals surface area contributed by atoms with Gasteiger partial charge in [-0.2, -0.15) is 9.29 Å². The molecule has 2 saturated heterocycles. The van der Waals surface area contributed by atoms with Gasteiger partial charge in [0.25, 0.3) is 15.2 Å². The third-order valence-corrected chi connectivity index (χ3v) is 10.3. The van der Waals surface area contributed by atoms with Crippen LogP contribution in [-0.2, 0) is 35.7 Å². The Bertz CT molecular complexity index is 1130. The van der Waals surface area contributed by atoms with Crippen LogP contribution in [-0.4, -0.2) is 64.5 Å². The van der Waals surface area contributed by atoms with Crippen LogP contribution in [0, 0.1) is 0 Å². The first-order valence-corrected chi connectivity index (χ1v) is 14.1. The molecule has 2 N–H and O–H groups in total. The van der Waals surface area contributed by atoms with Crippen LogP contribution in [0.1, 0.15) is 67.7 Å². The number of fused-ring (bicyclic) bond motifs is 2. The van der Waals surface area contributed by atoms with Crippen LogP contribution in [0.15, 0.2) is 11.2 Å². The first kappa shape index (κ1) is 21.6. The second-order valence-electron chi connectivity index (χ2n) is 10.1. The van der Waals surface area contributed by atoms with Crippen LogP contribution in [0.2, 0.25) is 0 Å². The fourth-order valence-corrected chi connectivity index (χ4v) is 8.09. The Kier molecular flexibility index (Phi) is 5.27. The van der Waals surface area contributed by atoms with Crippen molar-refractivity contribution in [3.63, 3.8) is 0 Å². The van der Waals surface area contributed by atoms with E-state index >= 15 is 0 Å². The van der Waals surface area contributed by atoms with Crippen molar-refractivity contribution in [2.45, 2.75) is 81.8 Å². The van der Waals surface area contributed by atoms with E-state index in [1.54, 1.807) is 4.31 Å². The number of anilines is 2. The van der Waals surface area contributed by atoms with Gasteiger partial charge in [0.2, 0.25) is 5.95 Å². The van der Waals surface area contributed by atoms with E-state index in [1.807, 2.05) is 0 Å². The molecule has 2 aliphatic heterocycles. The highest BCUT2D eigenvalue weighted by atomic mass is 32.2. The number of nitrogens with zero attached hydrogens (tertiary/aromatic N) is 4. The lowest BCUT2D eigenvalue weighted by molar-refractivity contribution is 0.0831. The molecule has 8 nitrogen and oxygen atoms in total. The van der Waals surface area contributed by atoms with Crippen molar-refractivity contribution in [3.8, 4) is 0 Å². The van der Waals surface area contributed by atoms with E-state index in [-0.39, 0.29) is 10.7 Å². The van der Waals surface area contributed by atoms with E-state index in [4.69, 9.17) is 0 Å². The quantitative estimate of drug-likeness (QED) is 0.697. The van der Waals surface area contributed by atoms with E-state index in [0.29, 0.717) is 19.0 Å². The van der Waals surface area contributed by atoms with Gasteiger partial charge in [-0.3, -0.25) is 4.90 Å². The molecule has 4 aliphatic rings. The summed E-state index contributed by atoms with van der Waals surface area (Å²) in [7, 11) is -3.68. The summed E-state index contributed by atoms with van der Waals surface area (Å²) in [6, 6.07) is 2.39. The number of benzene rings is 1. The SMILES string of the molecule is CCN1CCCC12CCN(S(=O)(=O)c1nc(Nc3c4c(cc5c3CCC5)CCC4)n[nH]1)CC2. The van der Waals surface area contributed by atoms with Crippen molar-refractivity contribution in [1.29, 1.82) is 0 Å². The predicted molar refractivity (Wildman–Crippen MR) is 127 cm³/mol. The van der Waals surface area contributed by atoms with E-state index < -0.39 is 10.0 Å². The largest absolute Gasteiger partial charge is 0.322 e. The van der Waals surface area contributed by atoms with Crippen molar-refractivity contribution in [1.82, 2.24) is 24.4 Å². The van der Waals surface area contributed by atoms with E-state index in [9.17, 15) is 8.42 Å². The second kappa shape index (κ2) is 8.06. The van der Waals surface area contributed by atoms with Crippen LogP contribution in [0.5, 0.6) is 0 Å². The van der Waals surface area contributed by atoms with E-state index in [0.717, 1.165) is 57.3 Å². The normalized spacial score (nSPS) is 22.7. The van der Waals surface area contributed by atoms with Gasteiger partial charge in [-0.15, -0.1) is 5.10 Å². The number of piperidine rings is 1. The number of hydrogen-bond acceptors (Lipinski definition) is 6. The van der Waals surface area contributed by atoms with Crippen molar-refractivity contribution < 1.29 is 8.42 Å². The zero-order valence-corrected chi connectivity index (χ0v) is 20.3. The topological polar surface area (TPSA) is 94.2 Å². The zero-order chi connectivity index (χ0) is 22.6. The molecule has 0 saturated carbocycles. The lowest BCUT2D eigenvalue weighted by Gasteiger charge is -2.44.